The molecule has 17 nitrogen and oxygen atoms in total. The number of aryl methyl sites for hydroxylation is 1. The van der Waals surface area contributed by atoms with Crippen LogP contribution >= 0.6 is 0 Å². The molecule has 0 aliphatic heterocycles. The number of rotatable bonds is 29. The molecule has 0 aliphatic rings. The molecular formula is C53H79N7O10. The van der Waals surface area contributed by atoms with Gasteiger partial charge in [-0.25, -0.2) is 9.59 Å². The number of carbonyl (C=O) groups is 7. The minimum Gasteiger partial charge on any atom is -0.479 e. The summed E-state index contributed by atoms with van der Waals surface area (Å²) in [5, 5.41) is 23.6. The van der Waals surface area contributed by atoms with Crippen molar-refractivity contribution in [2.75, 3.05) is 21.1 Å². The Hall–Kier alpha value is -5.89. The number of likely N-dealkylation sites (N-methyl/N-ethyl adjacent to an activating group) is 3. The summed E-state index contributed by atoms with van der Waals surface area (Å²) in [5.74, 6) is -5.50. The Kier molecular flexibility index (Phi) is 22.5. The van der Waals surface area contributed by atoms with E-state index < -0.39 is 71.6 Å². The van der Waals surface area contributed by atoms with Crippen LogP contribution in [-0.2, 0) is 51.3 Å². The van der Waals surface area contributed by atoms with Gasteiger partial charge in [-0.3, -0.25) is 24.0 Å². The number of nitriles is 1. The Labute approximate surface area is 414 Å². The monoisotopic (exact) mass is 974 g/mol. The second-order valence-corrected chi connectivity index (χ2v) is 20.8. The van der Waals surface area contributed by atoms with Gasteiger partial charge in [-0.15, -0.1) is 0 Å². The number of Topliss-reactive ketones (excluding diaryl/α,β-unsaturated/α-hetero) is 2. The average Bonchev–Trinajstić information content (AvgIpc) is 3.86. The zero-order valence-corrected chi connectivity index (χ0v) is 43.8. The maximum Gasteiger partial charge on any atom is 0.345 e. The van der Waals surface area contributed by atoms with Crippen molar-refractivity contribution in [1.82, 2.24) is 24.4 Å². The van der Waals surface area contributed by atoms with Gasteiger partial charge in [-0.1, -0.05) is 78.7 Å². The van der Waals surface area contributed by atoms with Crippen molar-refractivity contribution < 1.29 is 47.9 Å². The number of nitrogens with two attached hydrogens (primary N) is 1. The normalized spacial score (nSPS) is 14.7. The van der Waals surface area contributed by atoms with Crippen LogP contribution in [0.1, 0.15) is 131 Å². The van der Waals surface area contributed by atoms with Gasteiger partial charge in [-0.2, -0.15) is 5.26 Å². The van der Waals surface area contributed by atoms with Gasteiger partial charge in [0.25, 0.3) is 0 Å². The maximum atomic E-state index is 15.2. The number of fused-ring (bicyclic) bond motifs is 1. The van der Waals surface area contributed by atoms with E-state index in [1.807, 2.05) is 103 Å². The van der Waals surface area contributed by atoms with Crippen molar-refractivity contribution in [3.63, 3.8) is 0 Å². The first-order valence-corrected chi connectivity index (χ1v) is 24.7. The molecule has 0 fully saturated rings. The second kappa shape index (κ2) is 26.9. The molecule has 0 spiro atoms. The van der Waals surface area contributed by atoms with Crippen molar-refractivity contribution in [3.05, 3.63) is 53.5 Å². The first kappa shape index (κ1) is 58.4. The lowest BCUT2D eigenvalue weighted by atomic mass is 9.85. The van der Waals surface area contributed by atoms with E-state index in [9.17, 15) is 29.1 Å². The zero-order valence-electron chi connectivity index (χ0n) is 43.8. The molecule has 0 unspecified atom stereocenters. The van der Waals surface area contributed by atoms with Crippen LogP contribution in [0.3, 0.4) is 0 Å². The molecule has 1 aromatic carbocycles. The molecule has 17 heteroatoms. The number of carboxylic acids is 1. The van der Waals surface area contributed by atoms with Gasteiger partial charge in [0, 0.05) is 88.2 Å². The molecule has 0 bridgehead atoms. The molecule has 70 heavy (non-hydrogen) atoms. The number of nitrogens with zero attached hydrogens (tertiary/aromatic N) is 6. The summed E-state index contributed by atoms with van der Waals surface area (Å²) < 4.78 is 12.6. The molecular weight excluding hydrogens is 895 g/mol. The van der Waals surface area contributed by atoms with Crippen LogP contribution in [0.4, 0.5) is 0 Å². The molecule has 2 aromatic heterocycles. The SMILES string of the molecule is Cc1cc(Cn2cc(C[C@@H](C(=O)C[C@@H](CC(C)C)C(=O)N(C)[C@@H](C)C(=O)O[C@H](CCC#N)C(=O)O)N(C)C(=O)[C@@H](CC(=O)[C@H](CC(C)C)N(C)C(=O)[C@@H](N)CC(C)C)CC(C)C)c3ccccc32)no1. The highest BCUT2D eigenvalue weighted by Crippen LogP contribution is 2.30. The lowest BCUT2D eigenvalue weighted by Gasteiger charge is -2.34. The van der Waals surface area contributed by atoms with E-state index in [4.69, 9.17) is 20.3 Å². The third kappa shape index (κ3) is 16.6. The summed E-state index contributed by atoms with van der Waals surface area (Å²) >= 11 is 0. The lowest BCUT2D eigenvalue weighted by Crippen LogP contribution is -2.51. The second-order valence-electron chi connectivity index (χ2n) is 20.8. The number of aliphatic carboxylic acids is 1. The Morgan fingerprint density at radius 2 is 1.30 bits per heavy atom. The number of aromatic nitrogens is 2. The molecule has 386 valence electrons. The molecule has 2 heterocycles. The summed E-state index contributed by atoms with van der Waals surface area (Å²) in [7, 11) is 4.53. The van der Waals surface area contributed by atoms with Crippen molar-refractivity contribution in [3.8, 4) is 6.07 Å². The van der Waals surface area contributed by atoms with Crippen molar-refractivity contribution in [2.45, 2.75) is 164 Å². The van der Waals surface area contributed by atoms with Crippen LogP contribution in [0.15, 0.2) is 41.1 Å². The van der Waals surface area contributed by atoms with E-state index in [0.717, 1.165) is 21.4 Å². The quantitative estimate of drug-likeness (QED) is 0.0668. The van der Waals surface area contributed by atoms with Crippen molar-refractivity contribution >= 4 is 52.1 Å². The number of para-hydroxylation sites is 1. The highest BCUT2D eigenvalue weighted by molar-refractivity contribution is 5.97. The van der Waals surface area contributed by atoms with Crippen LogP contribution in [0, 0.1) is 53.8 Å². The first-order valence-electron chi connectivity index (χ1n) is 24.7. The smallest absolute Gasteiger partial charge is 0.345 e. The van der Waals surface area contributed by atoms with Gasteiger partial charge >= 0.3 is 11.9 Å². The standard InChI is InChI=1S/C53H79N7O10/c1-31(2)21-37(49(63)57(11)36(10)53(68)69-48(52(66)67)19-16-20-54)27-47(62)45(26-39-29-60(30-40-25-35(9)70-56-40)43-18-15-14-17-41(39)43)58(12)50(64)38(22-32(3)4)28-46(61)44(24-34(7)8)59(13)51(65)42(55)23-33(5)6/h14-15,17-18,25,29,31-34,36-38,42,44-45,48H,16,19,21-24,26-28,30,55H2,1-13H3,(H,66,67)/t36-,37+,38+,42-,44-,45-,48+/m0/s1. The molecule has 0 saturated heterocycles. The fraction of sp³-hybridized carbons (Fsp3) is 0.642. The van der Waals surface area contributed by atoms with Gasteiger partial charge in [0.1, 0.15) is 17.5 Å². The molecule has 0 aliphatic carbocycles. The number of esters is 1. The summed E-state index contributed by atoms with van der Waals surface area (Å²) in [5.41, 5.74) is 8.63. The van der Waals surface area contributed by atoms with Gasteiger partial charge < -0.3 is 39.4 Å². The molecule has 3 N–H and O–H groups in total. The number of amides is 3. The zero-order chi connectivity index (χ0) is 52.7. The lowest BCUT2D eigenvalue weighted by molar-refractivity contribution is -0.169. The molecule has 0 radical (unpaired) electrons. The minimum absolute atomic E-state index is 0.0285. The summed E-state index contributed by atoms with van der Waals surface area (Å²) in [6.07, 6.45) is 0.882. The van der Waals surface area contributed by atoms with E-state index in [1.165, 1.54) is 23.8 Å². The van der Waals surface area contributed by atoms with E-state index in [0.29, 0.717) is 37.3 Å². The fourth-order valence-corrected chi connectivity index (χ4v) is 9.12. The number of ketones is 2. The summed E-state index contributed by atoms with van der Waals surface area (Å²) in [6.45, 7) is 19.1. The van der Waals surface area contributed by atoms with Crippen LogP contribution in [0.2, 0.25) is 0 Å². The summed E-state index contributed by atoms with van der Waals surface area (Å²) in [6, 6.07) is 7.37. The minimum atomic E-state index is -1.58. The van der Waals surface area contributed by atoms with E-state index in [1.54, 1.807) is 21.0 Å². The molecule has 3 rings (SSSR count). The van der Waals surface area contributed by atoms with Gasteiger partial charge in [0.05, 0.1) is 30.7 Å². The molecule has 0 saturated carbocycles. The number of ether oxygens (including phenoxy) is 1. The fourth-order valence-electron chi connectivity index (χ4n) is 9.12. The maximum absolute atomic E-state index is 15.2. The van der Waals surface area contributed by atoms with Gasteiger partial charge in [-0.05, 0) is 74.8 Å². The van der Waals surface area contributed by atoms with E-state index in [-0.39, 0.29) is 73.9 Å². The largest absolute Gasteiger partial charge is 0.479 e. The molecule has 3 aromatic rings. The molecule has 3 amide bonds. The number of hydrogen-bond donors (Lipinski definition) is 2. The topological polar surface area (TPSA) is 239 Å². The highest BCUT2D eigenvalue weighted by Gasteiger charge is 2.39. The Bertz CT molecular complexity index is 2310. The average molecular weight is 974 g/mol. The highest BCUT2D eigenvalue weighted by atomic mass is 16.6. The van der Waals surface area contributed by atoms with Crippen LogP contribution < -0.4 is 5.73 Å². The predicted octanol–water partition coefficient (Wildman–Crippen LogP) is 6.99. The Morgan fingerprint density at radius 3 is 1.81 bits per heavy atom. The van der Waals surface area contributed by atoms with Crippen LogP contribution in [0.25, 0.3) is 10.9 Å². The number of carbonyl (C=O) groups excluding carboxylic acids is 6. The van der Waals surface area contributed by atoms with E-state index in [2.05, 4.69) is 5.16 Å². The third-order valence-electron chi connectivity index (χ3n) is 12.8. The third-order valence-corrected chi connectivity index (χ3v) is 12.8. The van der Waals surface area contributed by atoms with Gasteiger partial charge in [0.2, 0.25) is 17.7 Å². The van der Waals surface area contributed by atoms with Gasteiger partial charge in [0.15, 0.2) is 17.7 Å². The number of hydrogen-bond acceptors (Lipinski definition) is 12. The van der Waals surface area contributed by atoms with Crippen LogP contribution in [-0.4, -0.2) is 122 Å². The number of carboxylic acid groups (broad SMARTS) is 1. The molecule has 7 atom stereocenters. The first-order chi connectivity index (χ1) is 32.8. The van der Waals surface area contributed by atoms with E-state index >= 15 is 9.59 Å². The van der Waals surface area contributed by atoms with Crippen molar-refractivity contribution in [1.29, 1.82) is 5.26 Å². The van der Waals surface area contributed by atoms with Crippen molar-refractivity contribution in [2.24, 2.45) is 41.2 Å². The van der Waals surface area contributed by atoms with Crippen LogP contribution in [0.5, 0.6) is 0 Å². The summed E-state index contributed by atoms with van der Waals surface area (Å²) in [4.78, 5) is 102. The number of benzene rings is 1. The predicted molar refractivity (Wildman–Crippen MR) is 266 cm³/mol. The Morgan fingerprint density at radius 1 is 0.771 bits per heavy atom. The Balaban J connectivity index is 2.11.